The third-order valence-corrected chi connectivity index (χ3v) is 4.40. The number of hydrogen-bond donors (Lipinski definition) is 0. The zero-order chi connectivity index (χ0) is 18.3. The van der Waals surface area contributed by atoms with Gasteiger partial charge in [0.1, 0.15) is 11.6 Å². The lowest BCUT2D eigenvalue weighted by atomic mass is 10.2. The molecule has 4 aromatic rings. The highest BCUT2D eigenvalue weighted by atomic mass is 35.5. The van der Waals surface area contributed by atoms with Crippen LogP contribution < -0.4 is 0 Å². The van der Waals surface area contributed by atoms with E-state index in [1.54, 1.807) is 30.3 Å². The number of carbonyl (C=O) groups is 2. The summed E-state index contributed by atoms with van der Waals surface area (Å²) in [4.78, 5) is 24.1. The Kier molecular flexibility index (Phi) is 3.93. The van der Waals surface area contributed by atoms with Crippen molar-refractivity contribution in [1.29, 1.82) is 0 Å². The predicted octanol–water partition coefficient (Wildman–Crippen LogP) is 5.19. The van der Waals surface area contributed by atoms with Gasteiger partial charge in [-0.3, -0.25) is 14.2 Å². The summed E-state index contributed by atoms with van der Waals surface area (Å²) >= 11 is 5.79. The van der Waals surface area contributed by atoms with Gasteiger partial charge in [0.15, 0.2) is 12.0 Å². The van der Waals surface area contributed by atoms with Crippen molar-refractivity contribution in [3.05, 3.63) is 83.0 Å². The minimum Gasteiger partial charge on any atom is -0.451 e. The topological polar surface area (TPSA) is 52.2 Å². The number of aldehydes is 1. The van der Waals surface area contributed by atoms with Crippen LogP contribution in [0.2, 0.25) is 5.02 Å². The first-order valence-electron chi connectivity index (χ1n) is 7.73. The third kappa shape index (κ3) is 2.62. The number of nitrogens with zero attached hydrogens (tertiary/aromatic N) is 1. The Balaban J connectivity index is 1.75. The number of hydrogen-bond acceptors (Lipinski definition) is 3. The van der Waals surface area contributed by atoms with Gasteiger partial charge < -0.3 is 4.42 Å². The maximum absolute atomic E-state index is 13.3. The molecule has 0 amide bonds. The minimum atomic E-state index is -0.529. The van der Waals surface area contributed by atoms with Crippen LogP contribution in [0.1, 0.15) is 20.9 Å². The monoisotopic (exact) mass is 367 g/mol. The minimum absolute atomic E-state index is 0.0289. The molecule has 128 valence electrons. The summed E-state index contributed by atoms with van der Waals surface area (Å²) in [5, 5.41) is 0.659. The van der Waals surface area contributed by atoms with Crippen molar-refractivity contribution in [3.8, 4) is 11.3 Å². The zero-order valence-electron chi connectivity index (χ0n) is 13.3. The highest BCUT2D eigenvalue weighted by molar-refractivity contribution is 6.31. The van der Waals surface area contributed by atoms with Gasteiger partial charge in [-0.2, -0.15) is 0 Å². The SMILES string of the molecule is O=Cc1cn(C(=O)c2ccc(-c3ccc(F)c(Cl)c3)o2)c2ccccc12. The molecule has 4 rings (SSSR count). The van der Waals surface area contributed by atoms with E-state index < -0.39 is 11.7 Å². The molecule has 0 bridgehead atoms. The maximum Gasteiger partial charge on any atom is 0.298 e. The normalized spacial score (nSPS) is 11.0. The summed E-state index contributed by atoms with van der Waals surface area (Å²) < 4.78 is 20.3. The highest BCUT2D eigenvalue weighted by Gasteiger charge is 2.18. The Hall–Kier alpha value is -3.18. The lowest BCUT2D eigenvalue weighted by molar-refractivity contribution is 0.0938. The van der Waals surface area contributed by atoms with Crippen LogP contribution in [0, 0.1) is 5.82 Å². The second-order valence-electron chi connectivity index (χ2n) is 5.69. The summed E-state index contributed by atoms with van der Waals surface area (Å²) in [7, 11) is 0. The largest absolute Gasteiger partial charge is 0.451 e. The van der Waals surface area contributed by atoms with Gasteiger partial charge in [0.25, 0.3) is 5.91 Å². The molecule has 0 aliphatic carbocycles. The molecular formula is C20H11ClFNO3. The molecule has 2 aromatic carbocycles. The van der Waals surface area contributed by atoms with E-state index in [-0.39, 0.29) is 10.8 Å². The fourth-order valence-electron chi connectivity index (χ4n) is 2.84. The first-order valence-corrected chi connectivity index (χ1v) is 8.11. The Morgan fingerprint density at radius 1 is 1.12 bits per heavy atom. The van der Waals surface area contributed by atoms with Gasteiger partial charge >= 0.3 is 0 Å². The Labute approximate surface area is 152 Å². The van der Waals surface area contributed by atoms with Crippen LogP contribution in [0.5, 0.6) is 0 Å². The molecule has 2 heterocycles. The molecule has 0 aliphatic heterocycles. The van der Waals surface area contributed by atoms with Gasteiger partial charge in [0.2, 0.25) is 0 Å². The smallest absolute Gasteiger partial charge is 0.298 e. The third-order valence-electron chi connectivity index (χ3n) is 4.11. The number of benzene rings is 2. The summed E-state index contributed by atoms with van der Waals surface area (Å²) in [6.45, 7) is 0. The molecule has 0 aliphatic rings. The average molecular weight is 368 g/mol. The maximum atomic E-state index is 13.3. The van der Waals surface area contributed by atoms with E-state index in [0.717, 1.165) is 0 Å². The van der Waals surface area contributed by atoms with Crippen LogP contribution in [0.15, 0.2) is 65.2 Å². The van der Waals surface area contributed by atoms with Crippen molar-refractivity contribution < 1.29 is 18.4 Å². The van der Waals surface area contributed by atoms with Gasteiger partial charge in [-0.25, -0.2) is 4.39 Å². The number of aromatic nitrogens is 1. The highest BCUT2D eigenvalue weighted by Crippen LogP contribution is 2.28. The fourth-order valence-corrected chi connectivity index (χ4v) is 3.02. The van der Waals surface area contributed by atoms with Crippen molar-refractivity contribution >= 4 is 34.7 Å². The molecule has 6 heteroatoms. The number of fused-ring (bicyclic) bond motifs is 1. The summed E-state index contributed by atoms with van der Waals surface area (Å²) in [5.41, 5.74) is 1.59. The molecule has 0 fully saturated rings. The van der Waals surface area contributed by atoms with Crippen LogP contribution in [-0.2, 0) is 0 Å². The van der Waals surface area contributed by atoms with Crippen molar-refractivity contribution in [2.24, 2.45) is 0 Å². The van der Waals surface area contributed by atoms with Gasteiger partial charge in [0.05, 0.1) is 10.5 Å². The van der Waals surface area contributed by atoms with Gasteiger partial charge in [0, 0.05) is 22.7 Å². The van der Waals surface area contributed by atoms with Crippen LogP contribution in [0.25, 0.3) is 22.2 Å². The summed E-state index contributed by atoms with van der Waals surface area (Å²) in [6.07, 6.45) is 2.19. The molecule has 0 saturated carbocycles. The molecule has 0 radical (unpaired) electrons. The van der Waals surface area contributed by atoms with Gasteiger partial charge in [-0.1, -0.05) is 29.8 Å². The molecule has 4 nitrogen and oxygen atoms in total. The van der Waals surface area contributed by atoms with E-state index in [1.807, 2.05) is 0 Å². The number of furan rings is 1. The predicted molar refractivity (Wildman–Crippen MR) is 96.2 cm³/mol. The number of carbonyl (C=O) groups excluding carboxylic acids is 2. The molecule has 0 unspecified atom stereocenters. The Bertz CT molecular complexity index is 1160. The molecule has 0 saturated heterocycles. The zero-order valence-corrected chi connectivity index (χ0v) is 14.0. The van der Waals surface area contributed by atoms with Gasteiger partial charge in [-0.15, -0.1) is 0 Å². The lowest BCUT2D eigenvalue weighted by Crippen LogP contribution is -2.09. The standard InChI is InChI=1S/C20H11ClFNO3/c21-15-9-12(5-6-16(15)22)18-7-8-19(26-18)20(25)23-10-13(11-24)14-3-1-2-4-17(14)23/h1-11H. The van der Waals surface area contributed by atoms with E-state index in [9.17, 15) is 14.0 Å². The van der Waals surface area contributed by atoms with Crippen LogP contribution in [0.3, 0.4) is 0 Å². The van der Waals surface area contributed by atoms with E-state index >= 15 is 0 Å². The molecule has 0 N–H and O–H groups in total. The van der Waals surface area contributed by atoms with Crippen molar-refractivity contribution in [1.82, 2.24) is 4.57 Å². The van der Waals surface area contributed by atoms with Crippen molar-refractivity contribution in [2.75, 3.05) is 0 Å². The first kappa shape index (κ1) is 16.3. The molecule has 0 spiro atoms. The van der Waals surface area contributed by atoms with Gasteiger partial charge in [-0.05, 0) is 36.4 Å². The lowest BCUT2D eigenvalue weighted by Gasteiger charge is -2.02. The quantitative estimate of drug-likeness (QED) is 0.468. The number of halogens is 2. The van der Waals surface area contributed by atoms with E-state index in [0.29, 0.717) is 34.1 Å². The number of rotatable bonds is 3. The number of para-hydroxylation sites is 1. The second-order valence-corrected chi connectivity index (χ2v) is 6.09. The average Bonchev–Trinajstić information content (AvgIpc) is 3.28. The summed E-state index contributed by atoms with van der Waals surface area (Å²) in [6, 6.07) is 14.4. The summed E-state index contributed by atoms with van der Waals surface area (Å²) in [5.74, 6) is -0.451. The first-order chi connectivity index (χ1) is 12.6. The second kappa shape index (κ2) is 6.28. The van der Waals surface area contributed by atoms with Crippen molar-refractivity contribution in [3.63, 3.8) is 0 Å². The van der Waals surface area contributed by atoms with E-state index in [4.69, 9.17) is 16.0 Å². The molecule has 0 atom stereocenters. The molecular weight excluding hydrogens is 357 g/mol. The molecule has 26 heavy (non-hydrogen) atoms. The fraction of sp³-hybridized carbons (Fsp3) is 0. The van der Waals surface area contributed by atoms with Crippen LogP contribution >= 0.6 is 11.6 Å². The van der Waals surface area contributed by atoms with Crippen molar-refractivity contribution in [2.45, 2.75) is 0 Å². The Morgan fingerprint density at radius 2 is 1.92 bits per heavy atom. The molecule has 2 aromatic heterocycles. The van der Waals surface area contributed by atoms with E-state index in [1.165, 1.54) is 35.0 Å². The Morgan fingerprint density at radius 3 is 2.69 bits per heavy atom. The van der Waals surface area contributed by atoms with E-state index in [2.05, 4.69) is 0 Å². The van der Waals surface area contributed by atoms with Crippen LogP contribution in [0.4, 0.5) is 4.39 Å². The van der Waals surface area contributed by atoms with Crippen LogP contribution in [-0.4, -0.2) is 16.8 Å².